The molecule has 0 amide bonds. The van der Waals surface area contributed by atoms with Crippen LogP contribution in [0.4, 0.5) is 0 Å². The van der Waals surface area contributed by atoms with Crippen molar-refractivity contribution in [3.63, 3.8) is 0 Å². The summed E-state index contributed by atoms with van der Waals surface area (Å²) in [6.45, 7) is 0. The zero-order valence-corrected chi connectivity index (χ0v) is 6.55. The number of rotatable bonds is 1. The summed E-state index contributed by atoms with van der Waals surface area (Å²) in [6, 6.07) is 8.31. The highest BCUT2D eigenvalue weighted by Gasteiger charge is 2.01. The number of benzene rings is 1. The minimum atomic E-state index is -0.549. The predicted octanol–water partition coefficient (Wildman–Crippen LogP) is 1.86. The van der Waals surface area contributed by atoms with Gasteiger partial charge in [0.1, 0.15) is 6.04 Å². The van der Waals surface area contributed by atoms with Crippen molar-refractivity contribution in [3.05, 3.63) is 34.9 Å². The number of hydrogen-bond acceptors (Lipinski definition) is 2. The molecule has 0 aromatic heterocycles. The van der Waals surface area contributed by atoms with Crippen molar-refractivity contribution >= 4 is 11.6 Å². The lowest BCUT2D eigenvalue weighted by atomic mass is 10.1. The molecule has 0 unspecified atom stereocenters. The van der Waals surface area contributed by atoms with Crippen LogP contribution in [0, 0.1) is 11.3 Å². The summed E-state index contributed by atoms with van der Waals surface area (Å²) in [7, 11) is 0. The summed E-state index contributed by atoms with van der Waals surface area (Å²) >= 11 is 5.64. The molecular formula is C8H7ClN2. The number of nitriles is 1. The molecule has 1 atom stereocenters. The maximum atomic E-state index is 8.45. The van der Waals surface area contributed by atoms with Gasteiger partial charge in [-0.15, -0.1) is 0 Å². The Hall–Kier alpha value is -1.04. The number of halogens is 1. The Balaban J connectivity index is 2.92. The van der Waals surface area contributed by atoms with Gasteiger partial charge < -0.3 is 5.73 Å². The van der Waals surface area contributed by atoms with E-state index in [-0.39, 0.29) is 0 Å². The molecule has 2 N–H and O–H groups in total. The summed E-state index contributed by atoms with van der Waals surface area (Å²) in [4.78, 5) is 0. The third-order valence-corrected chi connectivity index (χ3v) is 1.62. The van der Waals surface area contributed by atoms with E-state index >= 15 is 0 Å². The van der Waals surface area contributed by atoms with Gasteiger partial charge in [-0.05, 0) is 17.7 Å². The van der Waals surface area contributed by atoms with Gasteiger partial charge >= 0.3 is 0 Å². The highest BCUT2D eigenvalue weighted by atomic mass is 35.5. The molecule has 0 aliphatic carbocycles. The van der Waals surface area contributed by atoms with Gasteiger partial charge in [-0.2, -0.15) is 5.26 Å². The molecule has 1 aromatic carbocycles. The van der Waals surface area contributed by atoms with E-state index in [1.54, 1.807) is 24.3 Å². The molecule has 0 aliphatic heterocycles. The predicted molar refractivity (Wildman–Crippen MR) is 44.0 cm³/mol. The first kappa shape index (κ1) is 8.06. The van der Waals surface area contributed by atoms with Gasteiger partial charge in [0, 0.05) is 5.02 Å². The van der Waals surface area contributed by atoms with E-state index in [1.807, 2.05) is 6.07 Å². The fraction of sp³-hybridized carbons (Fsp3) is 0.125. The van der Waals surface area contributed by atoms with Crippen LogP contribution in [0.1, 0.15) is 11.6 Å². The van der Waals surface area contributed by atoms with Crippen molar-refractivity contribution in [1.82, 2.24) is 0 Å². The van der Waals surface area contributed by atoms with E-state index in [2.05, 4.69) is 0 Å². The Morgan fingerprint density at radius 1 is 1.36 bits per heavy atom. The highest BCUT2D eigenvalue weighted by Crippen LogP contribution is 2.13. The Bertz CT molecular complexity index is 273. The fourth-order valence-electron chi connectivity index (χ4n) is 0.745. The van der Waals surface area contributed by atoms with E-state index in [0.29, 0.717) is 5.02 Å². The quantitative estimate of drug-likeness (QED) is 0.693. The van der Waals surface area contributed by atoms with Crippen LogP contribution in [0.15, 0.2) is 24.3 Å². The minimum absolute atomic E-state index is 0.549. The van der Waals surface area contributed by atoms with Crippen LogP contribution in [-0.4, -0.2) is 0 Å². The van der Waals surface area contributed by atoms with Crippen LogP contribution in [0.2, 0.25) is 5.02 Å². The third-order valence-electron chi connectivity index (χ3n) is 1.37. The summed E-state index contributed by atoms with van der Waals surface area (Å²) < 4.78 is 0. The average Bonchev–Trinajstić information content (AvgIpc) is 2.05. The molecule has 11 heavy (non-hydrogen) atoms. The van der Waals surface area contributed by atoms with E-state index in [1.165, 1.54) is 0 Å². The van der Waals surface area contributed by atoms with Crippen LogP contribution in [0.5, 0.6) is 0 Å². The molecule has 0 saturated heterocycles. The standard InChI is InChI=1S/C8H7ClN2/c9-7-3-1-6(2-4-7)8(11)5-10/h1-4,8H,11H2/t8-/m1/s1. The van der Waals surface area contributed by atoms with Crippen molar-refractivity contribution < 1.29 is 0 Å². The maximum absolute atomic E-state index is 8.45. The molecule has 0 spiro atoms. The molecule has 1 rings (SSSR count). The van der Waals surface area contributed by atoms with Crippen molar-refractivity contribution in [2.45, 2.75) is 6.04 Å². The third kappa shape index (κ3) is 1.94. The molecule has 0 heterocycles. The summed E-state index contributed by atoms with van der Waals surface area (Å²) in [5.41, 5.74) is 6.23. The van der Waals surface area contributed by atoms with Crippen LogP contribution in [0.3, 0.4) is 0 Å². The van der Waals surface area contributed by atoms with E-state index in [0.717, 1.165) is 5.56 Å². The number of hydrogen-bond donors (Lipinski definition) is 1. The second-order valence-electron chi connectivity index (χ2n) is 2.16. The monoisotopic (exact) mass is 166 g/mol. The number of nitrogens with two attached hydrogens (primary N) is 1. The maximum Gasteiger partial charge on any atom is 0.118 e. The average molecular weight is 167 g/mol. The van der Waals surface area contributed by atoms with Crippen molar-refractivity contribution in [1.29, 1.82) is 5.26 Å². The zero-order valence-electron chi connectivity index (χ0n) is 5.79. The van der Waals surface area contributed by atoms with Crippen molar-refractivity contribution in [2.24, 2.45) is 5.73 Å². The largest absolute Gasteiger partial charge is 0.312 e. The molecule has 0 radical (unpaired) electrons. The molecule has 2 nitrogen and oxygen atoms in total. The molecule has 1 aromatic rings. The smallest absolute Gasteiger partial charge is 0.118 e. The topological polar surface area (TPSA) is 49.8 Å². The Labute approximate surface area is 70.2 Å². The van der Waals surface area contributed by atoms with Gasteiger partial charge in [-0.1, -0.05) is 23.7 Å². The first-order valence-corrected chi connectivity index (χ1v) is 3.52. The lowest BCUT2D eigenvalue weighted by Gasteiger charge is -2.00. The molecular weight excluding hydrogens is 160 g/mol. The van der Waals surface area contributed by atoms with Crippen LogP contribution in [-0.2, 0) is 0 Å². The lowest BCUT2D eigenvalue weighted by Crippen LogP contribution is -2.06. The van der Waals surface area contributed by atoms with Gasteiger partial charge in [0.15, 0.2) is 0 Å². The van der Waals surface area contributed by atoms with Crippen molar-refractivity contribution in [3.8, 4) is 6.07 Å². The normalized spacial score (nSPS) is 12.1. The van der Waals surface area contributed by atoms with Crippen molar-refractivity contribution in [2.75, 3.05) is 0 Å². The molecule has 3 heteroatoms. The van der Waals surface area contributed by atoms with E-state index in [9.17, 15) is 0 Å². The summed E-state index contributed by atoms with van der Waals surface area (Å²) in [5, 5.41) is 9.10. The van der Waals surface area contributed by atoms with Crippen LogP contribution >= 0.6 is 11.6 Å². The Kier molecular flexibility index (Phi) is 2.48. The molecule has 0 saturated carbocycles. The van der Waals surface area contributed by atoms with Gasteiger partial charge in [-0.25, -0.2) is 0 Å². The van der Waals surface area contributed by atoms with Crippen LogP contribution in [0.25, 0.3) is 0 Å². The molecule has 0 bridgehead atoms. The molecule has 0 fully saturated rings. The zero-order chi connectivity index (χ0) is 8.27. The minimum Gasteiger partial charge on any atom is -0.312 e. The number of nitrogens with zero attached hydrogens (tertiary/aromatic N) is 1. The van der Waals surface area contributed by atoms with E-state index in [4.69, 9.17) is 22.6 Å². The fourth-order valence-corrected chi connectivity index (χ4v) is 0.871. The van der Waals surface area contributed by atoms with E-state index < -0.39 is 6.04 Å². The SMILES string of the molecule is N#C[C@@H](N)c1ccc(Cl)cc1. The Morgan fingerprint density at radius 2 is 1.91 bits per heavy atom. The van der Waals surface area contributed by atoms with Crippen LogP contribution < -0.4 is 5.73 Å². The first-order chi connectivity index (χ1) is 5.24. The second-order valence-corrected chi connectivity index (χ2v) is 2.59. The van der Waals surface area contributed by atoms with Gasteiger partial charge in [-0.3, -0.25) is 0 Å². The van der Waals surface area contributed by atoms with Gasteiger partial charge in [0.25, 0.3) is 0 Å². The summed E-state index contributed by atoms with van der Waals surface area (Å²) in [6.07, 6.45) is 0. The first-order valence-electron chi connectivity index (χ1n) is 3.14. The molecule has 56 valence electrons. The van der Waals surface area contributed by atoms with Gasteiger partial charge in [0.05, 0.1) is 6.07 Å². The highest BCUT2D eigenvalue weighted by molar-refractivity contribution is 6.30. The Morgan fingerprint density at radius 3 is 2.36 bits per heavy atom. The molecule has 0 aliphatic rings. The summed E-state index contributed by atoms with van der Waals surface area (Å²) in [5.74, 6) is 0. The van der Waals surface area contributed by atoms with Gasteiger partial charge in [0.2, 0.25) is 0 Å². The lowest BCUT2D eigenvalue weighted by molar-refractivity contribution is 0.926. The second kappa shape index (κ2) is 3.38.